The number of amides is 3. The number of aromatic carboxylic acids is 1. The molecule has 0 unspecified atom stereocenters. The number of hydrogen-bond acceptors (Lipinski definition) is 6. The standard InChI is InChI=1S/C24H21N3O7/c1-13-9-16(14(2)27(13)17-6-4-5-15(10-17)22(29)30)11-19-21(28)26(24(32)25-19)12-18-7-8-20(34-18)23(31)33-3/h4-11H,12H2,1-3H3,(H,25,32)(H,29,30)/b19-11-. The van der Waals surface area contributed by atoms with Gasteiger partial charge >= 0.3 is 18.0 Å². The third-order valence-corrected chi connectivity index (χ3v) is 5.45. The first-order valence-corrected chi connectivity index (χ1v) is 10.2. The third-order valence-electron chi connectivity index (χ3n) is 5.45. The number of urea groups is 1. The van der Waals surface area contributed by atoms with Crippen LogP contribution in [0.3, 0.4) is 0 Å². The van der Waals surface area contributed by atoms with Crippen LogP contribution >= 0.6 is 0 Å². The Hall–Kier alpha value is -4.60. The molecule has 1 fully saturated rings. The van der Waals surface area contributed by atoms with Crippen molar-refractivity contribution >= 4 is 30.0 Å². The van der Waals surface area contributed by atoms with Crippen LogP contribution in [0.2, 0.25) is 0 Å². The first kappa shape index (κ1) is 22.6. The van der Waals surface area contributed by atoms with Crippen LogP contribution in [-0.2, 0) is 16.1 Å². The van der Waals surface area contributed by atoms with Gasteiger partial charge in [0.15, 0.2) is 0 Å². The van der Waals surface area contributed by atoms with Gasteiger partial charge in [-0.1, -0.05) is 6.07 Å². The maximum atomic E-state index is 12.9. The van der Waals surface area contributed by atoms with Gasteiger partial charge in [-0.15, -0.1) is 0 Å². The lowest BCUT2D eigenvalue weighted by Gasteiger charge is -2.10. The molecule has 0 aliphatic carbocycles. The molecular weight excluding hydrogens is 442 g/mol. The monoisotopic (exact) mass is 463 g/mol. The minimum atomic E-state index is -1.03. The summed E-state index contributed by atoms with van der Waals surface area (Å²) in [5.41, 5.74) is 3.20. The van der Waals surface area contributed by atoms with E-state index in [2.05, 4.69) is 10.1 Å². The van der Waals surface area contributed by atoms with E-state index in [1.807, 2.05) is 24.5 Å². The normalized spacial score (nSPS) is 14.6. The molecule has 0 radical (unpaired) electrons. The number of benzene rings is 1. The molecule has 1 aliphatic rings. The Morgan fingerprint density at radius 2 is 1.91 bits per heavy atom. The van der Waals surface area contributed by atoms with Crippen LogP contribution < -0.4 is 5.32 Å². The van der Waals surface area contributed by atoms with Crippen LogP contribution in [0.15, 0.2) is 52.6 Å². The van der Waals surface area contributed by atoms with Gasteiger partial charge in [0, 0.05) is 17.1 Å². The highest BCUT2D eigenvalue weighted by Crippen LogP contribution is 2.25. The number of esters is 1. The Morgan fingerprint density at radius 1 is 1.15 bits per heavy atom. The van der Waals surface area contributed by atoms with Crippen molar-refractivity contribution in [2.24, 2.45) is 0 Å². The number of carbonyl (C=O) groups is 4. The van der Waals surface area contributed by atoms with Crippen molar-refractivity contribution in [2.75, 3.05) is 7.11 Å². The van der Waals surface area contributed by atoms with Crippen LogP contribution in [0.4, 0.5) is 4.79 Å². The SMILES string of the molecule is COC(=O)c1ccc(CN2C(=O)N/C(=C\c3cc(C)n(-c4cccc(C(=O)O)c4)c3C)C2=O)o1. The van der Waals surface area contributed by atoms with Crippen LogP contribution in [0, 0.1) is 13.8 Å². The molecule has 3 aromatic rings. The summed E-state index contributed by atoms with van der Waals surface area (Å²) >= 11 is 0. The fourth-order valence-corrected chi connectivity index (χ4v) is 3.81. The minimum Gasteiger partial charge on any atom is -0.478 e. The van der Waals surface area contributed by atoms with E-state index >= 15 is 0 Å². The summed E-state index contributed by atoms with van der Waals surface area (Å²) in [5, 5.41) is 11.8. The number of methoxy groups -OCH3 is 1. The molecule has 0 spiro atoms. The van der Waals surface area contributed by atoms with E-state index < -0.39 is 23.9 Å². The molecule has 2 aromatic heterocycles. The van der Waals surface area contributed by atoms with Crippen molar-refractivity contribution in [1.29, 1.82) is 0 Å². The van der Waals surface area contributed by atoms with Crippen molar-refractivity contribution in [1.82, 2.24) is 14.8 Å². The minimum absolute atomic E-state index is 0.0280. The lowest BCUT2D eigenvalue weighted by Crippen LogP contribution is -2.30. The van der Waals surface area contributed by atoms with Gasteiger partial charge in [-0.05, 0) is 61.9 Å². The predicted octanol–water partition coefficient (Wildman–Crippen LogP) is 3.26. The van der Waals surface area contributed by atoms with E-state index in [1.54, 1.807) is 24.3 Å². The Bertz CT molecular complexity index is 1360. The van der Waals surface area contributed by atoms with E-state index in [4.69, 9.17) is 4.42 Å². The number of carboxylic acid groups (broad SMARTS) is 1. The summed E-state index contributed by atoms with van der Waals surface area (Å²) in [5.74, 6) is -2.00. The molecule has 1 aromatic carbocycles. The van der Waals surface area contributed by atoms with Crippen LogP contribution in [0.1, 0.15) is 43.6 Å². The van der Waals surface area contributed by atoms with Gasteiger partial charge in [0.1, 0.15) is 11.5 Å². The smallest absolute Gasteiger partial charge is 0.373 e. The summed E-state index contributed by atoms with van der Waals surface area (Å²) in [4.78, 5) is 49.2. The molecule has 3 heterocycles. The second-order valence-corrected chi connectivity index (χ2v) is 7.65. The molecule has 10 heteroatoms. The Kier molecular flexibility index (Phi) is 5.80. The van der Waals surface area contributed by atoms with Gasteiger partial charge in [0.2, 0.25) is 5.76 Å². The van der Waals surface area contributed by atoms with Crippen LogP contribution in [0.5, 0.6) is 0 Å². The summed E-state index contributed by atoms with van der Waals surface area (Å²) in [7, 11) is 1.22. The third kappa shape index (κ3) is 4.08. The summed E-state index contributed by atoms with van der Waals surface area (Å²) in [6, 6.07) is 10.7. The zero-order valence-electron chi connectivity index (χ0n) is 18.6. The number of ether oxygens (including phenoxy) is 1. The van der Waals surface area contributed by atoms with Crippen LogP contribution in [-0.4, -0.2) is 45.6 Å². The Labute approximate surface area is 194 Å². The number of aromatic nitrogens is 1. The number of nitrogens with zero attached hydrogens (tertiary/aromatic N) is 2. The number of carbonyl (C=O) groups excluding carboxylic acids is 3. The van der Waals surface area contributed by atoms with Crippen molar-refractivity contribution in [3.63, 3.8) is 0 Å². The van der Waals surface area contributed by atoms with Crippen molar-refractivity contribution in [3.05, 3.63) is 82.2 Å². The number of hydrogen-bond donors (Lipinski definition) is 2. The van der Waals surface area contributed by atoms with Crippen molar-refractivity contribution < 1.29 is 33.4 Å². The zero-order chi connectivity index (χ0) is 24.6. The van der Waals surface area contributed by atoms with E-state index in [1.165, 1.54) is 25.3 Å². The highest BCUT2D eigenvalue weighted by molar-refractivity contribution is 6.14. The molecular formula is C24H21N3O7. The lowest BCUT2D eigenvalue weighted by atomic mass is 10.2. The molecule has 34 heavy (non-hydrogen) atoms. The first-order chi connectivity index (χ1) is 16.2. The van der Waals surface area contributed by atoms with E-state index in [0.717, 1.165) is 16.3 Å². The average Bonchev–Trinajstić information content (AvgIpc) is 3.46. The largest absolute Gasteiger partial charge is 0.478 e. The fraction of sp³-hybridized carbons (Fsp3) is 0.167. The topological polar surface area (TPSA) is 131 Å². The molecule has 3 amide bonds. The van der Waals surface area contributed by atoms with Gasteiger partial charge < -0.3 is 24.1 Å². The number of imide groups is 1. The maximum Gasteiger partial charge on any atom is 0.373 e. The van der Waals surface area contributed by atoms with Gasteiger partial charge in [-0.25, -0.2) is 14.4 Å². The number of furan rings is 1. The molecule has 174 valence electrons. The molecule has 4 rings (SSSR count). The molecule has 1 saturated heterocycles. The number of aryl methyl sites for hydroxylation is 1. The highest BCUT2D eigenvalue weighted by atomic mass is 16.5. The maximum absolute atomic E-state index is 12.9. The molecule has 0 atom stereocenters. The average molecular weight is 463 g/mol. The molecule has 0 bridgehead atoms. The van der Waals surface area contributed by atoms with E-state index in [0.29, 0.717) is 11.3 Å². The summed E-state index contributed by atoms with van der Waals surface area (Å²) in [6.45, 7) is 3.54. The quantitative estimate of drug-likeness (QED) is 0.326. The predicted molar refractivity (Wildman–Crippen MR) is 119 cm³/mol. The fourth-order valence-electron chi connectivity index (χ4n) is 3.81. The van der Waals surface area contributed by atoms with Gasteiger partial charge in [0.05, 0.1) is 19.2 Å². The molecule has 10 nitrogen and oxygen atoms in total. The van der Waals surface area contributed by atoms with E-state index in [-0.39, 0.29) is 29.3 Å². The Balaban J connectivity index is 1.60. The second kappa shape index (κ2) is 8.74. The number of carboxylic acids is 1. The van der Waals surface area contributed by atoms with E-state index in [9.17, 15) is 24.3 Å². The molecule has 0 saturated carbocycles. The molecule has 1 aliphatic heterocycles. The summed E-state index contributed by atoms with van der Waals surface area (Å²) < 4.78 is 11.8. The second-order valence-electron chi connectivity index (χ2n) is 7.65. The first-order valence-electron chi connectivity index (χ1n) is 10.2. The highest BCUT2D eigenvalue weighted by Gasteiger charge is 2.34. The van der Waals surface area contributed by atoms with Crippen LogP contribution in [0.25, 0.3) is 11.8 Å². The van der Waals surface area contributed by atoms with Gasteiger partial charge in [-0.2, -0.15) is 0 Å². The number of rotatable bonds is 6. The van der Waals surface area contributed by atoms with Crippen molar-refractivity contribution in [2.45, 2.75) is 20.4 Å². The van der Waals surface area contributed by atoms with Gasteiger partial charge in [-0.3, -0.25) is 9.69 Å². The molecule has 2 N–H and O–H groups in total. The Morgan fingerprint density at radius 3 is 2.62 bits per heavy atom. The summed E-state index contributed by atoms with van der Waals surface area (Å²) in [6.07, 6.45) is 1.57. The lowest BCUT2D eigenvalue weighted by molar-refractivity contribution is -0.123. The van der Waals surface area contributed by atoms with Gasteiger partial charge in [0.25, 0.3) is 5.91 Å². The number of nitrogens with one attached hydrogen (secondary N) is 1. The van der Waals surface area contributed by atoms with Crippen molar-refractivity contribution in [3.8, 4) is 5.69 Å². The zero-order valence-corrected chi connectivity index (χ0v) is 18.6.